The molecule has 0 fully saturated rings. The minimum Gasteiger partial charge on any atom is -0.389 e. The van der Waals surface area contributed by atoms with Gasteiger partial charge in [0.25, 0.3) is 10.0 Å². The molecule has 21 heavy (non-hydrogen) atoms. The molecular weight excluding hydrogens is 308 g/mol. The zero-order valence-electron chi connectivity index (χ0n) is 11.9. The standard InChI is InChI=1S/C13H16N4O2S2/c1-8-4-5-9(2)11(6-8)21(18,19)16-13-10(12(14)20)7-15-17(13)3/h4-7,16H,1-3H3,(H2,14,20). The van der Waals surface area contributed by atoms with E-state index in [2.05, 4.69) is 9.82 Å². The van der Waals surface area contributed by atoms with Gasteiger partial charge in [0.15, 0.2) is 0 Å². The average molecular weight is 324 g/mol. The summed E-state index contributed by atoms with van der Waals surface area (Å²) in [5.41, 5.74) is 7.49. The number of thiocarbonyl (C=S) groups is 1. The van der Waals surface area contributed by atoms with Gasteiger partial charge in [-0.25, -0.2) is 8.42 Å². The molecule has 0 radical (unpaired) electrons. The number of aryl methyl sites for hydroxylation is 3. The zero-order valence-corrected chi connectivity index (χ0v) is 13.5. The highest BCUT2D eigenvalue weighted by atomic mass is 32.2. The number of nitrogens with one attached hydrogen (secondary N) is 1. The fraction of sp³-hybridized carbons (Fsp3) is 0.231. The fourth-order valence-electron chi connectivity index (χ4n) is 1.92. The normalized spacial score (nSPS) is 11.4. The van der Waals surface area contributed by atoms with Crippen molar-refractivity contribution in [1.82, 2.24) is 9.78 Å². The molecule has 0 aliphatic rings. The molecule has 1 aromatic heterocycles. The molecule has 6 nitrogen and oxygen atoms in total. The number of nitrogens with two attached hydrogens (primary N) is 1. The van der Waals surface area contributed by atoms with Crippen LogP contribution >= 0.6 is 12.2 Å². The van der Waals surface area contributed by atoms with E-state index in [1.165, 1.54) is 10.9 Å². The quantitative estimate of drug-likeness (QED) is 0.831. The van der Waals surface area contributed by atoms with E-state index in [1.54, 1.807) is 26.1 Å². The summed E-state index contributed by atoms with van der Waals surface area (Å²) < 4.78 is 29.0. The number of anilines is 1. The third kappa shape index (κ3) is 3.06. The molecule has 0 aliphatic carbocycles. The largest absolute Gasteiger partial charge is 0.389 e. The molecule has 1 heterocycles. The molecule has 0 bridgehead atoms. The molecule has 3 N–H and O–H groups in total. The maximum absolute atomic E-state index is 12.6. The first-order valence-corrected chi connectivity index (χ1v) is 8.03. The van der Waals surface area contributed by atoms with Crippen molar-refractivity contribution in [2.45, 2.75) is 18.7 Å². The van der Waals surface area contributed by atoms with Gasteiger partial charge in [-0.1, -0.05) is 24.4 Å². The molecule has 2 aromatic rings. The van der Waals surface area contributed by atoms with Crippen molar-refractivity contribution in [1.29, 1.82) is 0 Å². The van der Waals surface area contributed by atoms with Gasteiger partial charge in [0, 0.05) is 7.05 Å². The molecule has 0 spiro atoms. The molecule has 0 aliphatic heterocycles. The molecule has 0 saturated heterocycles. The van der Waals surface area contributed by atoms with Crippen LogP contribution in [0.25, 0.3) is 0 Å². The number of nitrogens with zero attached hydrogens (tertiary/aromatic N) is 2. The van der Waals surface area contributed by atoms with Gasteiger partial charge in [-0.05, 0) is 31.0 Å². The zero-order chi connectivity index (χ0) is 15.8. The Kier molecular flexibility index (Phi) is 4.02. The molecule has 0 atom stereocenters. The van der Waals surface area contributed by atoms with Crippen LogP contribution in [0, 0.1) is 13.8 Å². The van der Waals surface area contributed by atoms with Gasteiger partial charge in [-0.2, -0.15) is 5.10 Å². The van der Waals surface area contributed by atoms with Gasteiger partial charge in [-0.3, -0.25) is 9.40 Å². The van der Waals surface area contributed by atoms with Crippen molar-refractivity contribution in [3.05, 3.63) is 41.1 Å². The second kappa shape index (κ2) is 5.45. The lowest BCUT2D eigenvalue weighted by molar-refractivity contribution is 0.599. The van der Waals surface area contributed by atoms with Crippen LogP contribution in [0.3, 0.4) is 0 Å². The third-order valence-corrected chi connectivity index (χ3v) is 4.77. The fourth-order valence-corrected chi connectivity index (χ4v) is 3.51. The number of benzene rings is 1. The second-order valence-electron chi connectivity index (χ2n) is 4.77. The highest BCUT2D eigenvalue weighted by Crippen LogP contribution is 2.22. The minimum atomic E-state index is -3.74. The van der Waals surface area contributed by atoms with Gasteiger partial charge in [0.2, 0.25) is 0 Å². The Hall–Kier alpha value is -1.93. The Morgan fingerprint density at radius 2 is 2.05 bits per heavy atom. The second-order valence-corrected chi connectivity index (χ2v) is 6.86. The number of hydrogen-bond donors (Lipinski definition) is 2. The maximum atomic E-state index is 12.6. The summed E-state index contributed by atoms with van der Waals surface area (Å²) in [7, 11) is -2.13. The van der Waals surface area contributed by atoms with E-state index in [-0.39, 0.29) is 15.7 Å². The van der Waals surface area contributed by atoms with Crippen molar-refractivity contribution in [2.24, 2.45) is 12.8 Å². The van der Waals surface area contributed by atoms with Crippen LogP contribution in [0.15, 0.2) is 29.3 Å². The number of rotatable bonds is 4. The number of sulfonamides is 1. The Morgan fingerprint density at radius 1 is 1.38 bits per heavy atom. The van der Waals surface area contributed by atoms with E-state index in [9.17, 15) is 8.42 Å². The number of hydrogen-bond acceptors (Lipinski definition) is 4. The van der Waals surface area contributed by atoms with Crippen molar-refractivity contribution in [3.8, 4) is 0 Å². The smallest absolute Gasteiger partial charge is 0.263 e. The van der Waals surface area contributed by atoms with Gasteiger partial charge < -0.3 is 5.73 Å². The van der Waals surface area contributed by atoms with Crippen molar-refractivity contribution < 1.29 is 8.42 Å². The lowest BCUT2D eigenvalue weighted by Crippen LogP contribution is -2.20. The molecule has 2 rings (SSSR count). The minimum absolute atomic E-state index is 0.0850. The summed E-state index contributed by atoms with van der Waals surface area (Å²) in [5, 5.41) is 3.98. The van der Waals surface area contributed by atoms with E-state index < -0.39 is 10.0 Å². The van der Waals surface area contributed by atoms with Crippen LogP contribution in [-0.2, 0) is 17.1 Å². The Bertz CT molecular complexity index is 810. The summed E-state index contributed by atoms with van der Waals surface area (Å²) in [6.45, 7) is 3.58. The molecule has 1 aromatic carbocycles. The molecule has 0 saturated carbocycles. The monoisotopic (exact) mass is 324 g/mol. The number of aromatic nitrogens is 2. The van der Waals surface area contributed by atoms with Crippen LogP contribution in [0.5, 0.6) is 0 Å². The summed E-state index contributed by atoms with van der Waals surface area (Å²) in [4.78, 5) is 0.305. The van der Waals surface area contributed by atoms with E-state index in [4.69, 9.17) is 18.0 Å². The summed E-state index contributed by atoms with van der Waals surface area (Å²) >= 11 is 4.90. The van der Waals surface area contributed by atoms with Gasteiger partial charge in [-0.15, -0.1) is 0 Å². The van der Waals surface area contributed by atoms with Crippen molar-refractivity contribution >= 4 is 33.0 Å². The Morgan fingerprint density at radius 3 is 2.67 bits per heavy atom. The SMILES string of the molecule is Cc1ccc(C)c(S(=O)(=O)Nc2c(C(N)=S)cnn2C)c1. The first-order valence-electron chi connectivity index (χ1n) is 6.14. The van der Waals surface area contributed by atoms with Crippen LogP contribution < -0.4 is 10.5 Å². The predicted molar refractivity (Wildman–Crippen MR) is 85.8 cm³/mol. The first kappa shape index (κ1) is 15.5. The molecule has 8 heteroatoms. The van der Waals surface area contributed by atoms with E-state index in [0.29, 0.717) is 11.1 Å². The van der Waals surface area contributed by atoms with Gasteiger partial charge >= 0.3 is 0 Å². The summed E-state index contributed by atoms with van der Waals surface area (Å²) in [5.74, 6) is 0.253. The van der Waals surface area contributed by atoms with E-state index >= 15 is 0 Å². The predicted octanol–water partition coefficient (Wildman–Crippen LogP) is 1.47. The average Bonchev–Trinajstić information content (AvgIpc) is 2.73. The Balaban J connectivity index is 2.50. The highest BCUT2D eigenvalue weighted by Gasteiger charge is 2.21. The molecule has 0 amide bonds. The Labute approximate surface area is 129 Å². The van der Waals surface area contributed by atoms with Crippen molar-refractivity contribution in [2.75, 3.05) is 4.72 Å². The lowest BCUT2D eigenvalue weighted by atomic mass is 10.2. The third-order valence-electron chi connectivity index (χ3n) is 3.07. The molecule has 112 valence electrons. The van der Waals surface area contributed by atoms with Gasteiger partial charge in [0.05, 0.1) is 16.7 Å². The topological polar surface area (TPSA) is 90.0 Å². The highest BCUT2D eigenvalue weighted by molar-refractivity contribution is 7.92. The van der Waals surface area contributed by atoms with Crippen molar-refractivity contribution in [3.63, 3.8) is 0 Å². The van der Waals surface area contributed by atoms with Gasteiger partial charge in [0.1, 0.15) is 10.8 Å². The van der Waals surface area contributed by atoms with Crippen LogP contribution in [-0.4, -0.2) is 23.2 Å². The molecule has 0 unspecified atom stereocenters. The summed E-state index contributed by atoms with van der Waals surface area (Å²) in [6.07, 6.45) is 1.43. The van der Waals surface area contributed by atoms with Crippen LogP contribution in [0.4, 0.5) is 5.82 Å². The molecular formula is C13H16N4O2S2. The van der Waals surface area contributed by atoms with E-state index in [0.717, 1.165) is 5.56 Å². The lowest BCUT2D eigenvalue weighted by Gasteiger charge is -2.12. The summed E-state index contributed by atoms with van der Waals surface area (Å²) in [6, 6.07) is 5.24. The maximum Gasteiger partial charge on any atom is 0.263 e. The van der Waals surface area contributed by atoms with E-state index in [1.807, 2.05) is 13.0 Å². The van der Waals surface area contributed by atoms with Crippen LogP contribution in [0.2, 0.25) is 0 Å². The first-order chi connectivity index (χ1) is 9.72. The van der Waals surface area contributed by atoms with Crippen LogP contribution in [0.1, 0.15) is 16.7 Å².